The first-order valence-corrected chi connectivity index (χ1v) is 8.03. The zero-order valence-corrected chi connectivity index (χ0v) is 13.5. The Balaban J connectivity index is 1.65. The summed E-state index contributed by atoms with van der Waals surface area (Å²) in [7, 11) is 0. The lowest BCUT2D eigenvalue weighted by Gasteiger charge is -2.33. The average Bonchev–Trinajstić information content (AvgIpc) is 2.94. The number of rotatable bonds is 1. The van der Waals surface area contributed by atoms with Crippen molar-refractivity contribution in [1.82, 2.24) is 15.1 Å². The van der Waals surface area contributed by atoms with E-state index in [4.69, 9.17) is 9.47 Å². The molecular formula is C15H25N3O4. The summed E-state index contributed by atoms with van der Waals surface area (Å²) in [4.78, 5) is 27.8. The van der Waals surface area contributed by atoms with Gasteiger partial charge in [0.25, 0.3) is 0 Å². The van der Waals surface area contributed by atoms with Crippen LogP contribution in [0.2, 0.25) is 0 Å². The van der Waals surface area contributed by atoms with Gasteiger partial charge in [-0.25, -0.2) is 9.59 Å². The van der Waals surface area contributed by atoms with Crippen LogP contribution in [-0.2, 0) is 9.47 Å². The molecule has 1 N–H and O–H groups in total. The Morgan fingerprint density at radius 1 is 1.27 bits per heavy atom. The third kappa shape index (κ3) is 2.99. The van der Waals surface area contributed by atoms with E-state index in [9.17, 15) is 9.59 Å². The minimum absolute atomic E-state index is 0.0388. The summed E-state index contributed by atoms with van der Waals surface area (Å²) in [5.74, 6) is 0. The highest BCUT2D eigenvalue weighted by Gasteiger charge is 2.51. The minimum atomic E-state index is -0.514. The summed E-state index contributed by atoms with van der Waals surface area (Å²) < 4.78 is 10.9. The van der Waals surface area contributed by atoms with Crippen molar-refractivity contribution >= 4 is 12.2 Å². The van der Waals surface area contributed by atoms with Gasteiger partial charge < -0.3 is 19.7 Å². The summed E-state index contributed by atoms with van der Waals surface area (Å²) >= 11 is 0. The van der Waals surface area contributed by atoms with Crippen molar-refractivity contribution in [3.63, 3.8) is 0 Å². The van der Waals surface area contributed by atoms with Gasteiger partial charge in [-0.3, -0.25) is 4.90 Å². The molecule has 3 rings (SSSR count). The number of carbonyl (C=O) groups is 2. The predicted molar refractivity (Wildman–Crippen MR) is 79.6 cm³/mol. The van der Waals surface area contributed by atoms with E-state index in [-0.39, 0.29) is 30.4 Å². The molecule has 0 aromatic heterocycles. The molecule has 0 radical (unpaired) electrons. The highest BCUT2D eigenvalue weighted by Crippen LogP contribution is 2.31. The fraction of sp³-hybridized carbons (Fsp3) is 0.867. The van der Waals surface area contributed by atoms with E-state index in [2.05, 4.69) is 5.32 Å². The molecule has 3 saturated heterocycles. The molecule has 3 heterocycles. The van der Waals surface area contributed by atoms with Gasteiger partial charge >= 0.3 is 12.2 Å². The third-order valence-electron chi connectivity index (χ3n) is 4.41. The van der Waals surface area contributed by atoms with E-state index in [1.807, 2.05) is 25.7 Å². The fourth-order valence-electron chi connectivity index (χ4n) is 3.45. The summed E-state index contributed by atoms with van der Waals surface area (Å²) in [5.41, 5.74) is -0.514. The van der Waals surface area contributed by atoms with Crippen LogP contribution in [0.15, 0.2) is 0 Å². The number of hydrogen-bond acceptors (Lipinski definition) is 5. The van der Waals surface area contributed by atoms with Crippen LogP contribution >= 0.6 is 0 Å². The van der Waals surface area contributed by atoms with Crippen LogP contribution in [0.3, 0.4) is 0 Å². The average molecular weight is 311 g/mol. The van der Waals surface area contributed by atoms with E-state index < -0.39 is 5.60 Å². The Morgan fingerprint density at radius 2 is 1.95 bits per heavy atom. The molecule has 3 fully saturated rings. The van der Waals surface area contributed by atoms with Gasteiger partial charge in [0.05, 0.1) is 12.6 Å². The first kappa shape index (κ1) is 15.4. The Morgan fingerprint density at radius 3 is 2.59 bits per heavy atom. The SMILES string of the molecule is CC(C)(C)OC(=O)N1CC2OC(=O)N(C3CCNCC3)C2C1. The van der Waals surface area contributed by atoms with Crippen LogP contribution in [-0.4, -0.2) is 72.0 Å². The zero-order valence-electron chi connectivity index (χ0n) is 13.5. The highest BCUT2D eigenvalue weighted by atomic mass is 16.6. The second-order valence-electron chi connectivity index (χ2n) is 7.26. The molecule has 0 aliphatic carbocycles. The lowest BCUT2D eigenvalue weighted by Crippen LogP contribution is -2.49. The molecule has 2 unspecified atom stereocenters. The van der Waals surface area contributed by atoms with Crippen LogP contribution < -0.4 is 5.32 Å². The largest absolute Gasteiger partial charge is 0.444 e. The molecule has 0 saturated carbocycles. The molecule has 0 aromatic rings. The van der Waals surface area contributed by atoms with E-state index in [1.165, 1.54) is 0 Å². The van der Waals surface area contributed by atoms with Crippen molar-refractivity contribution in [3.05, 3.63) is 0 Å². The van der Waals surface area contributed by atoms with Crippen LogP contribution in [0.4, 0.5) is 9.59 Å². The summed E-state index contributed by atoms with van der Waals surface area (Å²) in [6, 6.07) is 0.172. The lowest BCUT2D eigenvalue weighted by molar-refractivity contribution is 0.0238. The number of carbonyl (C=O) groups excluding carboxylic acids is 2. The molecule has 7 nitrogen and oxygen atoms in total. The fourth-order valence-corrected chi connectivity index (χ4v) is 3.45. The number of likely N-dealkylation sites (tertiary alicyclic amines) is 1. The Hall–Kier alpha value is -1.50. The van der Waals surface area contributed by atoms with Crippen molar-refractivity contribution < 1.29 is 19.1 Å². The quantitative estimate of drug-likeness (QED) is 0.787. The summed E-state index contributed by atoms with van der Waals surface area (Å²) in [5, 5.41) is 3.30. The lowest BCUT2D eigenvalue weighted by atomic mass is 10.0. The normalized spacial score (nSPS) is 29.5. The number of piperidine rings is 1. The van der Waals surface area contributed by atoms with Crippen molar-refractivity contribution in [2.24, 2.45) is 0 Å². The Kier molecular flexibility index (Phi) is 3.92. The maximum absolute atomic E-state index is 12.2. The molecule has 3 aliphatic rings. The number of hydrogen-bond donors (Lipinski definition) is 1. The molecule has 0 aromatic carbocycles. The van der Waals surface area contributed by atoms with Crippen molar-refractivity contribution in [2.45, 2.75) is 57.4 Å². The van der Waals surface area contributed by atoms with Crippen molar-refractivity contribution in [1.29, 1.82) is 0 Å². The molecule has 2 amide bonds. The van der Waals surface area contributed by atoms with Gasteiger partial charge in [0.15, 0.2) is 0 Å². The standard InChI is InChI=1S/C15H25N3O4/c1-15(2,3)22-13(19)17-8-11-12(9-17)21-14(20)18(11)10-4-6-16-7-5-10/h10-12,16H,4-9H2,1-3H3. The Bertz CT molecular complexity index is 456. The van der Waals surface area contributed by atoms with Crippen LogP contribution in [0, 0.1) is 0 Å². The smallest absolute Gasteiger partial charge is 0.410 e. The van der Waals surface area contributed by atoms with Gasteiger partial charge in [-0.1, -0.05) is 0 Å². The molecule has 3 aliphatic heterocycles. The molecule has 2 atom stereocenters. The van der Waals surface area contributed by atoms with Gasteiger partial charge in [-0.2, -0.15) is 0 Å². The number of amides is 2. The second kappa shape index (κ2) is 5.61. The topological polar surface area (TPSA) is 71.1 Å². The van der Waals surface area contributed by atoms with Crippen molar-refractivity contribution in [2.75, 3.05) is 26.2 Å². The number of nitrogens with zero attached hydrogens (tertiary/aromatic N) is 2. The van der Waals surface area contributed by atoms with Crippen molar-refractivity contribution in [3.8, 4) is 0 Å². The van der Waals surface area contributed by atoms with E-state index >= 15 is 0 Å². The first-order chi connectivity index (χ1) is 10.3. The Labute approximate surface area is 130 Å². The molecule has 22 heavy (non-hydrogen) atoms. The zero-order chi connectivity index (χ0) is 15.9. The number of ether oxygens (including phenoxy) is 2. The van der Waals surface area contributed by atoms with Gasteiger partial charge in [-0.05, 0) is 46.7 Å². The number of nitrogens with one attached hydrogen (secondary N) is 1. The molecule has 0 bridgehead atoms. The van der Waals surface area contributed by atoms with Gasteiger partial charge in [0.1, 0.15) is 11.7 Å². The van der Waals surface area contributed by atoms with Crippen LogP contribution in [0.5, 0.6) is 0 Å². The second-order valence-corrected chi connectivity index (χ2v) is 7.26. The first-order valence-electron chi connectivity index (χ1n) is 8.03. The third-order valence-corrected chi connectivity index (χ3v) is 4.41. The van der Waals surface area contributed by atoms with Gasteiger partial charge in [0, 0.05) is 12.6 Å². The molecule has 0 spiro atoms. The predicted octanol–water partition coefficient (Wildman–Crippen LogP) is 1.18. The number of fused-ring (bicyclic) bond motifs is 1. The highest BCUT2D eigenvalue weighted by molar-refractivity contribution is 5.73. The molecule has 7 heteroatoms. The summed E-state index contributed by atoms with van der Waals surface area (Å²) in [6.45, 7) is 8.31. The van der Waals surface area contributed by atoms with Gasteiger partial charge in [-0.15, -0.1) is 0 Å². The molecular weight excluding hydrogens is 286 g/mol. The van der Waals surface area contributed by atoms with Gasteiger partial charge in [0.2, 0.25) is 0 Å². The van der Waals surface area contributed by atoms with Crippen LogP contribution in [0.1, 0.15) is 33.6 Å². The van der Waals surface area contributed by atoms with E-state index in [0.29, 0.717) is 13.1 Å². The maximum Gasteiger partial charge on any atom is 0.410 e. The van der Waals surface area contributed by atoms with Crippen LogP contribution in [0.25, 0.3) is 0 Å². The summed E-state index contributed by atoms with van der Waals surface area (Å²) in [6.07, 6.45) is 1.08. The van der Waals surface area contributed by atoms with E-state index in [1.54, 1.807) is 4.90 Å². The van der Waals surface area contributed by atoms with E-state index in [0.717, 1.165) is 25.9 Å². The monoisotopic (exact) mass is 311 g/mol. The minimum Gasteiger partial charge on any atom is -0.444 e. The maximum atomic E-state index is 12.2. The molecule has 124 valence electrons.